The summed E-state index contributed by atoms with van der Waals surface area (Å²) < 4.78 is 10.6. The first kappa shape index (κ1) is 11.4. The second-order valence-electron chi connectivity index (χ2n) is 4.26. The summed E-state index contributed by atoms with van der Waals surface area (Å²) >= 11 is 0. The highest BCUT2D eigenvalue weighted by molar-refractivity contribution is 4.84. The SMILES string of the molecule is CC(C)(CCC#N)C1COC(O)CO1. The molecule has 2 unspecified atom stereocenters. The standard InChI is InChI=1S/C10H17NO3/c1-10(2,4-3-5-11)8-6-14-9(12)7-13-8/h8-9,12H,3-4,6-7H2,1-2H3. The molecule has 4 heteroatoms. The lowest BCUT2D eigenvalue weighted by molar-refractivity contribution is -0.233. The third kappa shape index (κ3) is 2.95. The van der Waals surface area contributed by atoms with Crippen LogP contribution in [0.4, 0.5) is 0 Å². The minimum absolute atomic E-state index is 0.0285. The Morgan fingerprint density at radius 3 is 2.64 bits per heavy atom. The van der Waals surface area contributed by atoms with Crippen LogP contribution in [0.2, 0.25) is 0 Å². The summed E-state index contributed by atoms with van der Waals surface area (Å²) in [5, 5.41) is 17.6. The average Bonchev–Trinajstić information content (AvgIpc) is 2.16. The maximum atomic E-state index is 9.07. The van der Waals surface area contributed by atoms with Crippen molar-refractivity contribution in [2.24, 2.45) is 5.41 Å². The molecule has 0 bridgehead atoms. The van der Waals surface area contributed by atoms with E-state index in [4.69, 9.17) is 19.8 Å². The zero-order valence-corrected chi connectivity index (χ0v) is 8.69. The van der Waals surface area contributed by atoms with Crippen molar-refractivity contribution in [3.8, 4) is 6.07 Å². The van der Waals surface area contributed by atoms with Gasteiger partial charge in [-0.3, -0.25) is 0 Å². The van der Waals surface area contributed by atoms with E-state index in [1.54, 1.807) is 0 Å². The van der Waals surface area contributed by atoms with Crippen molar-refractivity contribution in [3.05, 3.63) is 0 Å². The van der Waals surface area contributed by atoms with Crippen LogP contribution in [-0.4, -0.2) is 30.7 Å². The molecule has 1 saturated heterocycles. The number of ether oxygens (including phenoxy) is 2. The van der Waals surface area contributed by atoms with Crippen LogP contribution in [0.5, 0.6) is 0 Å². The quantitative estimate of drug-likeness (QED) is 0.738. The van der Waals surface area contributed by atoms with Crippen LogP contribution in [0, 0.1) is 16.7 Å². The van der Waals surface area contributed by atoms with E-state index in [0.29, 0.717) is 13.0 Å². The Hall–Kier alpha value is -0.630. The fourth-order valence-corrected chi connectivity index (χ4v) is 1.48. The van der Waals surface area contributed by atoms with E-state index in [1.165, 1.54) is 0 Å². The molecule has 1 heterocycles. The average molecular weight is 199 g/mol. The molecule has 1 N–H and O–H groups in total. The van der Waals surface area contributed by atoms with Crippen molar-refractivity contribution >= 4 is 0 Å². The molecule has 0 aromatic heterocycles. The van der Waals surface area contributed by atoms with Crippen molar-refractivity contribution < 1.29 is 14.6 Å². The van der Waals surface area contributed by atoms with Crippen LogP contribution in [0.1, 0.15) is 26.7 Å². The van der Waals surface area contributed by atoms with Crippen molar-refractivity contribution in [3.63, 3.8) is 0 Å². The number of aliphatic hydroxyl groups excluding tert-OH is 1. The van der Waals surface area contributed by atoms with E-state index in [9.17, 15) is 0 Å². The lowest BCUT2D eigenvalue weighted by atomic mass is 9.82. The number of aliphatic hydroxyl groups is 1. The van der Waals surface area contributed by atoms with Gasteiger partial charge in [-0.15, -0.1) is 0 Å². The molecule has 0 radical (unpaired) electrons. The monoisotopic (exact) mass is 199 g/mol. The van der Waals surface area contributed by atoms with Gasteiger partial charge >= 0.3 is 0 Å². The number of hydrogen-bond donors (Lipinski definition) is 1. The van der Waals surface area contributed by atoms with Gasteiger partial charge < -0.3 is 14.6 Å². The molecule has 0 aromatic carbocycles. The Balaban J connectivity index is 2.43. The maximum absolute atomic E-state index is 9.07. The first-order valence-electron chi connectivity index (χ1n) is 4.84. The van der Waals surface area contributed by atoms with Gasteiger partial charge in [0.25, 0.3) is 0 Å². The van der Waals surface area contributed by atoms with E-state index >= 15 is 0 Å². The normalized spacial score (nSPS) is 28.4. The third-order valence-corrected chi connectivity index (χ3v) is 2.63. The molecule has 0 aromatic rings. The zero-order valence-electron chi connectivity index (χ0n) is 8.69. The van der Waals surface area contributed by atoms with Gasteiger partial charge in [-0.05, 0) is 11.8 Å². The first-order valence-corrected chi connectivity index (χ1v) is 4.84. The summed E-state index contributed by atoms with van der Waals surface area (Å²) in [5.74, 6) is 0. The number of hydrogen-bond acceptors (Lipinski definition) is 4. The van der Waals surface area contributed by atoms with Gasteiger partial charge in [0.2, 0.25) is 0 Å². The lowest BCUT2D eigenvalue weighted by Crippen LogP contribution is -2.43. The highest BCUT2D eigenvalue weighted by Gasteiger charge is 2.33. The van der Waals surface area contributed by atoms with Crippen LogP contribution in [0.25, 0.3) is 0 Å². The molecular formula is C10H17NO3. The van der Waals surface area contributed by atoms with Crippen LogP contribution in [-0.2, 0) is 9.47 Å². The van der Waals surface area contributed by atoms with Gasteiger partial charge in [0.15, 0.2) is 6.29 Å². The summed E-state index contributed by atoms with van der Waals surface area (Å²) in [6.07, 6.45) is 0.487. The van der Waals surface area contributed by atoms with Crippen LogP contribution in [0.3, 0.4) is 0 Å². The van der Waals surface area contributed by atoms with Crippen LogP contribution >= 0.6 is 0 Å². The Morgan fingerprint density at radius 2 is 2.14 bits per heavy atom. The summed E-state index contributed by atoms with van der Waals surface area (Å²) in [5.41, 5.74) is -0.0735. The second-order valence-corrected chi connectivity index (χ2v) is 4.26. The maximum Gasteiger partial charge on any atom is 0.178 e. The molecule has 80 valence electrons. The van der Waals surface area contributed by atoms with Crippen LogP contribution in [0.15, 0.2) is 0 Å². The zero-order chi connectivity index (χ0) is 10.6. The Morgan fingerprint density at radius 1 is 1.43 bits per heavy atom. The van der Waals surface area contributed by atoms with Gasteiger partial charge in [0.05, 0.1) is 25.4 Å². The predicted octanol–water partition coefficient (Wildman–Crippen LogP) is 1.05. The van der Waals surface area contributed by atoms with Crippen molar-refractivity contribution in [2.45, 2.75) is 39.1 Å². The summed E-state index contributed by atoms with van der Waals surface area (Å²) in [6.45, 7) is 4.73. The molecule has 2 atom stereocenters. The van der Waals surface area contributed by atoms with Gasteiger partial charge in [0, 0.05) is 6.42 Å². The van der Waals surface area contributed by atoms with Gasteiger partial charge in [-0.1, -0.05) is 13.8 Å². The molecular weight excluding hydrogens is 182 g/mol. The fourth-order valence-electron chi connectivity index (χ4n) is 1.48. The van der Waals surface area contributed by atoms with Gasteiger partial charge in [-0.2, -0.15) is 5.26 Å². The van der Waals surface area contributed by atoms with Crippen molar-refractivity contribution in [1.82, 2.24) is 0 Å². The minimum Gasteiger partial charge on any atom is -0.370 e. The van der Waals surface area contributed by atoms with E-state index in [2.05, 4.69) is 19.9 Å². The molecule has 1 fully saturated rings. The molecule has 0 spiro atoms. The third-order valence-electron chi connectivity index (χ3n) is 2.63. The Labute approximate surface area is 84.4 Å². The minimum atomic E-state index is -0.794. The summed E-state index contributed by atoms with van der Waals surface area (Å²) in [6, 6.07) is 2.13. The molecule has 1 aliphatic rings. The van der Waals surface area contributed by atoms with Gasteiger partial charge in [-0.25, -0.2) is 0 Å². The Kier molecular flexibility index (Phi) is 3.87. The fraction of sp³-hybridized carbons (Fsp3) is 0.900. The molecule has 0 amide bonds. The van der Waals surface area contributed by atoms with Crippen molar-refractivity contribution in [1.29, 1.82) is 5.26 Å². The molecule has 1 rings (SSSR count). The predicted molar refractivity (Wildman–Crippen MR) is 50.3 cm³/mol. The molecule has 0 aliphatic carbocycles. The number of nitrogens with zero attached hydrogens (tertiary/aromatic N) is 1. The highest BCUT2D eigenvalue weighted by atomic mass is 16.7. The number of nitriles is 1. The second kappa shape index (κ2) is 4.74. The van der Waals surface area contributed by atoms with Crippen LogP contribution < -0.4 is 0 Å². The van der Waals surface area contributed by atoms with E-state index < -0.39 is 6.29 Å². The highest BCUT2D eigenvalue weighted by Crippen LogP contribution is 2.31. The summed E-state index contributed by atoms with van der Waals surface area (Å²) in [7, 11) is 0. The molecule has 0 saturated carbocycles. The van der Waals surface area contributed by atoms with E-state index in [-0.39, 0.29) is 18.1 Å². The number of rotatable bonds is 3. The lowest BCUT2D eigenvalue weighted by Gasteiger charge is -2.37. The van der Waals surface area contributed by atoms with Gasteiger partial charge in [0.1, 0.15) is 0 Å². The van der Waals surface area contributed by atoms with E-state index in [1.807, 2.05) is 0 Å². The largest absolute Gasteiger partial charge is 0.370 e. The molecule has 4 nitrogen and oxygen atoms in total. The molecule has 14 heavy (non-hydrogen) atoms. The first-order chi connectivity index (χ1) is 6.56. The van der Waals surface area contributed by atoms with E-state index in [0.717, 1.165) is 6.42 Å². The Bertz CT molecular complexity index is 214. The smallest absolute Gasteiger partial charge is 0.178 e. The molecule has 1 aliphatic heterocycles. The summed E-state index contributed by atoms with van der Waals surface area (Å²) in [4.78, 5) is 0. The topological polar surface area (TPSA) is 62.5 Å². The van der Waals surface area contributed by atoms with Crippen molar-refractivity contribution in [2.75, 3.05) is 13.2 Å².